The minimum Gasteiger partial charge on any atom is -0.384 e. The van der Waals surface area contributed by atoms with Crippen LogP contribution in [0.1, 0.15) is 11.1 Å². The summed E-state index contributed by atoms with van der Waals surface area (Å²) in [7, 11) is 0. The van der Waals surface area contributed by atoms with Gasteiger partial charge >= 0.3 is 0 Å². The molecule has 0 atom stereocenters. The molecule has 1 heterocycles. The zero-order chi connectivity index (χ0) is 14.1. The minimum absolute atomic E-state index is 0.0245. The number of rotatable bonds is 3. The highest BCUT2D eigenvalue weighted by molar-refractivity contribution is 6.35. The van der Waals surface area contributed by atoms with Crippen molar-refractivity contribution >= 4 is 34.6 Å². The molecule has 5 heteroatoms. The van der Waals surface area contributed by atoms with Crippen molar-refractivity contribution in [2.75, 3.05) is 17.2 Å². The second kappa shape index (κ2) is 5.51. The molecule has 0 bridgehead atoms. The maximum absolute atomic E-state index is 13.4. The van der Waals surface area contributed by atoms with Gasteiger partial charge in [-0.2, -0.15) is 0 Å². The average Bonchev–Trinajstić information content (AvgIpc) is 2.91. The van der Waals surface area contributed by atoms with E-state index in [1.165, 1.54) is 16.8 Å². The molecule has 0 aromatic heterocycles. The van der Waals surface area contributed by atoms with Gasteiger partial charge in [0.25, 0.3) is 0 Å². The Kier molecular flexibility index (Phi) is 3.72. The van der Waals surface area contributed by atoms with E-state index >= 15 is 0 Å². The molecule has 1 aliphatic heterocycles. The lowest BCUT2D eigenvalue weighted by Crippen LogP contribution is -2.03. The maximum Gasteiger partial charge on any atom is 0.160 e. The molecule has 0 amide bonds. The van der Waals surface area contributed by atoms with E-state index in [1.54, 1.807) is 12.1 Å². The lowest BCUT2D eigenvalue weighted by Gasteiger charge is -2.12. The number of para-hydroxylation sites is 1. The van der Waals surface area contributed by atoms with E-state index in [2.05, 4.69) is 22.8 Å². The van der Waals surface area contributed by atoms with E-state index in [4.69, 9.17) is 23.2 Å². The highest BCUT2D eigenvalue weighted by Gasteiger charge is 2.13. The van der Waals surface area contributed by atoms with Gasteiger partial charge in [-0.05, 0) is 29.7 Å². The largest absolute Gasteiger partial charge is 0.384 e. The van der Waals surface area contributed by atoms with Crippen LogP contribution >= 0.6 is 23.2 Å². The highest BCUT2D eigenvalue weighted by atomic mass is 35.5. The Morgan fingerprint density at radius 1 is 1.20 bits per heavy atom. The van der Waals surface area contributed by atoms with E-state index in [0.29, 0.717) is 12.2 Å². The first-order valence-electron chi connectivity index (χ1n) is 6.38. The van der Waals surface area contributed by atoms with Crippen LogP contribution in [0.4, 0.5) is 15.8 Å². The fourth-order valence-corrected chi connectivity index (χ4v) is 2.90. The van der Waals surface area contributed by atoms with Gasteiger partial charge in [0.15, 0.2) is 5.82 Å². The third-order valence-electron chi connectivity index (χ3n) is 3.40. The number of fused-ring (bicyclic) bond motifs is 1. The van der Waals surface area contributed by atoms with E-state index in [-0.39, 0.29) is 10.0 Å². The summed E-state index contributed by atoms with van der Waals surface area (Å²) in [5, 5.41) is 6.66. The Hall–Kier alpha value is -1.45. The molecule has 0 spiro atoms. The molecule has 2 aromatic rings. The lowest BCUT2D eigenvalue weighted by molar-refractivity contribution is 0.629. The molecule has 0 aliphatic carbocycles. The van der Waals surface area contributed by atoms with Crippen molar-refractivity contribution in [1.82, 2.24) is 0 Å². The summed E-state index contributed by atoms with van der Waals surface area (Å²) in [6.45, 7) is 1.61. The standard InChI is InChI=1S/C15H13Cl2FN2/c16-12-6-11(7-13(17)14(12)18)20-8-10-3-1-2-9-4-5-19-15(9)10/h1-3,6-7,19-20H,4-5,8H2. The van der Waals surface area contributed by atoms with E-state index in [1.807, 2.05) is 6.07 Å². The Bertz CT molecular complexity index is 635. The molecule has 0 radical (unpaired) electrons. The predicted molar refractivity (Wildman–Crippen MR) is 82.4 cm³/mol. The van der Waals surface area contributed by atoms with Crippen molar-refractivity contribution in [3.05, 3.63) is 57.3 Å². The molecule has 0 saturated heterocycles. The van der Waals surface area contributed by atoms with Crippen molar-refractivity contribution in [2.24, 2.45) is 0 Å². The molecule has 2 aromatic carbocycles. The molecule has 2 N–H and O–H groups in total. The van der Waals surface area contributed by atoms with Crippen LogP contribution in [0.2, 0.25) is 10.0 Å². The highest BCUT2D eigenvalue weighted by Crippen LogP contribution is 2.29. The van der Waals surface area contributed by atoms with Gasteiger partial charge in [0.05, 0.1) is 10.0 Å². The molecule has 0 unspecified atom stereocenters. The predicted octanol–water partition coefficient (Wildman–Crippen LogP) is 4.71. The summed E-state index contributed by atoms with van der Waals surface area (Å²) in [4.78, 5) is 0. The number of halogens is 3. The van der Waals surface area contributed by atoms with Crippen molar-refractivity contribution in [1.29, 1.82) is 0 Å². The minimum atomic E-state index is -0.582. The molecule has 3 rings (SSSR count). The van der Waals surface area contributed by atoms with Crippen molar-refractivity contribution in [3.8, 4) is 0 Å². The Labute approximate surface area is 126 Å². The van der Waals surface area contributed by atoms with Crippen LogP contribution in [-0.4, -0.2) is 6.54 Å². The van der Waals surface area contributed by atoms with E-state index < -0.39 is 5.82 Å². The summed E-state index contributed by atoms with van der Waals surface area (Å²) in [6, 6.07) is 9.33. The van der Waals surface area contributed by atoms with Crippen LogP contribution in [0.3, 0.4) is 0 Å². The number of benzene rings is 2. The first-order chi connectivity index (χ1) is 9.65. The van der Waals surface area contributed by atoms with Crippen LogP contribution in [0.15, 0.2) is 30.3 Å². The first-order valence-corrected chi connectivity index (χ1v) is 7.14. The van der Waals surface area contributed by atoms with Gasteiger partial charge in [0.1, 0.15) is 0 Å². The van der Waals surface area contributed by atoms with Gasteiger partial charge in [-0.15, -0.1) is 0 Å². The molecular weight excluding hydrogens is 298 g/mol. The second-order valence-electron chi connectivity index (χ2n) is 4.74. The number of nitrogens with one attached hydrogen (secondary N) is 2. The summed E-state index contributed by atoms with van der Waals surface area (Å²) >= 11 is 11.6. The summed E-state index contributed by atoms with van der Waals surface area (Å²) < 4.78 is 13.4. The fourth-order valence-electron chi connectivity index (χ4n) is 2.41. The third kappa shape index (κ3) is 2.56. The van der Waals surface area contributed by atoms with E-state index in [0.717, 1.165) is 13.0 Å². The Balaban J connectivity index is 1.79. The average molecular weight is 311 g/mol. The quantitative estimate of drug-likeness (QED) is 0.802. The zero-order valence-electron chi connectivity index (χ0n) is 10.6. The number of hydrogen-bond acceptors (Lipinski definition) is 2. The number of anilines is 2. The van der Waals surface area contributed by atoms with Crippen molar-refractivity contribution in [2.45, 2.75) is 13.0 Å². The van der Waals surface area contributed by atoms with Crippen molar-refractivity contribution in [3.63, 3.8) is 0 Å². The van der Waals surface area contributed by atoms with Gasteiger partial charge in [0, 0.05) is 24.5 Å². The molecular formula is C15H13Cl2FN2. The molecule has 0 saturated carbocycles. The van der Waals surface area contributed by atoms with Gasteiger partial charge in [-0.25, -0.2) is 4.39 Å². The second-order valence-corrected chi connectivity index (χ2v) is 5.55. The van der Waals surface area contributed by atoms with Gasteiger partial charge in [-0.1, -0.05) is 41.4 Å². The van der Waals surface area contributed by atoms with Gasteiger partial charge in [0.2, 0.25) is 0 Å². The summed E-state index contributed by atoms with van der Waals surface area (Å²) in [5.74, 6) is -0.582. The van der Waals surface area contributed by atoms with Crippen LogP contribution in [0.25, 0.3) is 0 Å². The van der Waals surface area contributed by atoms with Gasteiger partial charge in [-0.3, -0.25) is 0 Å². The zero-order valence-corrected chi connectivity index (χ0v) is 12.2. The van der Waals surface area contributed by atoms with Crippen LogP contribution in [-0.2, 0) is 13.0 Å². The Morgan fingerprint density at radius 2 is 1.95 bits per heavy atom. The topological polar surface area (TPSA) is 24.1 Å². The maximum atomic E-state index is 13.4. The van der Waals surface area contributed by atoms with Gasteiger partial charge < -0.3 is 10.6 Å². The molecule has 2 nitrogen and oxygen atoms in total. The summed E-state index contributed by atoms with van der Waals surface area (Å²) in [5.41, 5.74) is 4.41. The normalized spacial score (nSPS) is 12.9. The Morgan fingerprint density at radius 3 is 2.70 bits per heavy atom. The molecule has 1 aliphatic rings. The van der Waals surface area contributed by atoms with Crippen LogP contribution in [0.5, 0.6) is 0 Å². The third-order valence-corrected chi connectivity index (χ3v) is 3.95. The molecule has 20 heavy (non-hydrogen) atoms. The monoisotopic (exact) mass is 310 g/mol. The fraction of sp³-hybridized carbons (Fsp3) is 0.200. The van der Waals surface area contributed by atoms with Crippen LogP contribution < -0.4 is 10.6 Å². The number of hydrogen-bond donors (Lipinski definition) is 2. The van der Waals surface area contributed by atoms with Crippen LogP contribution in [0, 0.1) is 5.82 Å². The molecule has 0 fully saturated rings. The lowest BCUT2D eigenvalue weighted by atomic mass is 10.1. The SMILES string of the molecule is Fc1c(Cl)cc(NCc2cccc3c2NCC3)cc1Cl. The summed E-state index contributed by atoms with van der Waals surface area (Å²) in [6.07, 6.45) is 1.05. The molecule has 104 valence electrons. The van der Waals surface area contributed by atoms with Crippen molar-refractivity contribution < 1.29 is 4.39 Å². The van der Waals surface area contributed by atoms with E-state index in [9.17, 15) is 4.39 Å². The smallest absolute Gasteiger partial charge is 0.160 e. The first kappa shape index (κ1) is 13.5.